The molecule has 0 fully saturated rings. The maximum absolute atomic E-state index is 4.32. The Morgan fingerprint density at radius 3 is 1.57 bits per heavy atom. The molecule has 0 spiro atoms. The fraction of sp³-hybridized carbons (Fsp3) is 0. The van der Waals surface area contributed by atoms with Crippen molar-refractivity contribution in [2.45, 2.75) is 0 Å². The van der Waals surface area contributed by atoms with Crippen LogP contribution < -0.4 is 0 Å². The molecule has 0 amide bonds. The first-order chi connectivity index (χ1) is 21.7. The number of hydrogen-bond donors (Lipinski definition) is 0. The van der Waals surface area contributed by atoms with E-state index in [1.54, 1.807) is 0 Å². The maximum atomic E-state index is 4.32. The van der Waals surface area contributed by atoms with E-state index in [-0.39, 0.29) is 0 Å². The first-order valence-electron chi connectivity index (χ1n) is 14.9. The Morgan fingerprint density at radius 1 is 0.341 bits per heavy atom. The summed E-state index contributed by atoms with van der Waals surface area (Å²) in [7, 11) is 0. The predicted molar refractivity (Wildman–Crippen MR) is 196 cm³/mol. The zero-order valence-corrected chi connectivity index (χ0v) is 24.7. The average molecular weight is 561 g/mol. The summed E-state index contributed by atoms with van der Waals surface area (Å²) in [5.41, 5.74) is 11.1. The first kappa shape index (κ1) is 27.1. The molecule has 0 heterocycles. The quantitative estimate of drug-likeness (QED) is 0.182. The predicted octanol–water partition coefficient (Wildman–Crippen LogP) is 12.7. The van der Waals surface area contributed by atoms with Gasteiger partial charge in [-0.2, -0.15) is 0 Å². The monoisotopic (exact) mass is 560 g/mol. The van der Waals surface area contributed by atoms with Gasteiger partial charge in [-0.05, 0) is 94.0 Å². The Balaban J connectivity index is 1.55. The Bertz CT molecular complexity index is 2290. The molecule has 0 aliphatic rings. The van der Waals surface area contributed by atoms with Crippen molar-refractivity contribution in [1.29, 1.82) is 0 Å². The molecule has 0 atom stereocenters. The summed E-state index contributed by atoms with van der Waals surface area (Å²) in [5.74, 6) is 0. The van der Waals surface area contributed by atoms with Crippen LogP contribution in [0.15, 0.2) is 148 Å². The SMILES string of the molecule is C=Cc1c(-c2cccc3ccccc23)ccc(-c2c(C=C)c(C=C)c(-c3ccc4ccccc4c3)c3ccccc23)c1C=C. The molecular formula is C44H32. The summed E-state index contributed by atoms with van der Waals surface area (Å²) < 4.78 is 0. The highest BCUT2D eigenvalue weighted by Crippen LogP contribution is 2.46. The van der Waals surface area contributed by atoms with E-state index in [1.165, 1.54) is 32.5 Å². The molecule has 0 nitrogen and oxygen atoms in total. The minimum absolute atomic E-state index is 1.05. The van der Waals surface area contributed by atoms with Crippen LogP contribution in [0.25, 0.3) is 90.0 Å². The van der Waals surface area contributed by atoms with Gasteiger partial charge >= 0.3 is 0 Å². The van der Waals surface area contributed by atoms with Crippen molar-refractivity contribution >= 4 is 56.6 Å². The summed E-state index contributed by atoms with van der Waals surface area (Å²) in [5, 5.41) is 7.19. The van der Waals surface area contributed by atoms with Gasteiger partial charge in [-0.15, -0.1) is 0 Å². The standard InChI is InChI=1S/C44H32/c1-5-33-34(6-2)42(27-26-39(33)38-23-15-19-30-17-11-12-20-37(30)38)44-36(8-4)35(7-3)43(40-21-13-14-22-41(40)44)32-25-24-29-16-9-10-18-31(29)28-32/h5-28H,1-4H2. The van der Waals surface area contributed by atoms with Crippen molar-refractivity contribution in [3.05, 3.63) is 170 Å². The van der Waals surface area contributed by atoms with Gasteiger partial charge in [0.15, 0.2) is 0 Å². The van der Waals surface area contributed by atoms with E-state index >= 15 is 0 Å². The molecule has 0 aliphatic carbocycles. The summed E-state index contributed by atoms with van der Waals surface area (Å²) in [4.78, 5) is 0. The topological polar surface area (TPSA) is 0 Å². The lowest BCUT2D eigenvalue weighted by molar-refractivity contribution is 1.55. The van der Waals surface area contributed by atoms with Gasteiger partial charge in [0.25, 0.3) is 0 Å². The molecule has 44 heavy (non-hydrogen) atoms. The van der Waals surface area contributed by atoms with Gasteiger partial charge in [0.1, 0.15) is 0 Å². The van der Waals surface area contributed by atoms with E-state index in [4.69, 9.17) is 0 Å². The Kier molecular flexibility index (Phi) is 6.89. The van der Waals surface area contributed by atoms with Gasteiger partial charge in [-0.1, -0.05) is 166 Å². The second-order valence-corrected chi connectivity index (χ2v) is 11.0. The molecule has 0 aliphatic heterocycles. The molecule has 0 heteroatoms. The van der Waals surface area contributed by atoms with Crippen LogP contribution in [0, 0.1) is 0 Å². The van der Waals surface area contributed by atoms with Gasteiger partial charge in [-0.25, -0.2) is 0 Å². The maximum Gasteiger partial charge on any atom is -0.00203 e. The van der Waals surface area contributed by atoms with Crippen molar-refractivity contribution in [3.8, 4) is 33.4 Å². The lowest BCUT2D eigenvalue weighted by Gasteiger charge is -2.23. The Morgan fingerprint density at radius 2 is 0.864 bits per heavy atom. The van der Waals surface area contributed by atoms with Gasteiger partial charge in [0, 0.05) is 0 Å². The Labute approximate surface area is 259 Å². The highest BCUT2D eigenvalue weighted by molar-refractivity contribution is 6.13. The molecule has 0 saturated heterocycles. The van der Waals surface area contributed by atoms with E-state index in [0.29, 0.717) is 0 Å². The van der Waals surface area contributed by atoms with Crippen LogP contribution in [0.3, 0.4) is 0 Å². The molecule has 208 valence electrons. The third-order valence-electron chi connectivity index (χ3n) is 8.79. The molecule has 7 aromatic carbocycles. The van der Waals surface area contributed by atoms with Gasteiger partial charge in [0.05, 0.1) is 0 Å². The summed E-state index contributed by atoms with van der Waals surface area (Å²) in [6.45, 7) is 17.2. The Hall–Kier alpha value is -5.72. The highest BCUT2D eigenvalue weighted by atomic mass is 14.2. The van der Waals surface area contributed by atoms with Crippen LogP contribution >= 0.6 is 0 Å². The second kappa shape index (κ2) is 11.2. The van der Waals surface area contributed by atoms with Crippen molar-refractivity contribution in [2.24, 2.45) is 0 Å². The molecule has 7 rings (SSSR count). The van der Waals surface area contributed by atoms with Gasteiger partial charge in [-0.3, -0.25) is 0 Å². The normalized spacial score (nSPS) is 11.1. The van der Waals surface area contributed by atoms with Crippen molar-refractivity contribution in [1.82, 2.24) is 0 Å². The van der Waals surface area contributed by atoms with Crippen molar-refractivity contribution in [3.63, 3.8) is 0 Å². The largest absolute Gasteiger partial charge is 0.0984 e. The van der Waals surface area contributed by atoms with Crippen LogP contribution in [-0.2, 0) is 0 Å². The third kappa shape index (κ3) is 4.23. The van der Waals surface area contributed by atoms with Gasteiger partial charge < -0.3 is 0 Å². The summed E-state index contributed by atoms with van der Waals surface area (Å²) >= 11 is 0. The number of fused-ring (bicyclic) bond motifs is 3. The van der Waals surface area contributed by atoms with E-state index in [2.05, 4.69) is 148 Å². The minimum Gasteiger partial charge on any atom is -0.0984 e. The number of rotatable bonds is 7. The van der Waals surface area contributed by atoms with E-state index in [0.717, 1.165) is 55.5 Å². The lowest BCUT2D eigenvalue weighted by atomic mass is 9.80. The van der Waals surface area contributed by atoms with Crippen LogP contribution in [0.4, 0.5) is 0 Å². The van der Waals surface area contributed by atoms with Crippen molar-refractivity contribution in [2.75, 3.05) is 0 Å². The van der Waals surface area contributed by atoms with Crippen LogP contribution in [0.1, 0.15) is 22.3 Å². The molecule has 0 saturated carbocycles. The molecule has 0 radical (unpaired) electrons. The second-order valence-electron chi connectivity index (χ2n) is 11.0. The van der Waals surface area contributed by atoms with Crippen LogP contribution in [0.5, 0.6) is 0 Å². The van der Waals surface area contributed by atoms with Gasteiger partial charge in [0.2, 0.25) is 0 Å². The lowest BCUT2D eigenvalue weighted by Crippen LogP contribution is -1.99. The van der Waals surface area contributed by atoms with E-state index < -0.39 is 0 Å². The zero-order chi connectivity index (χ0) is 30.2. The third-order valence-corrected chi connectivity index (χ3v) is 8.79. The highest BCUT2D eigenvalue weighted by Gasteiger charge is 2.22. The smallest absolute Gasteiger partial charge is 0.00203 e. The molecule has 0 bridgehead atoms. The minimum atomic E-state index is 1.05. The van der Waals surface area contributed by atoms with Crippen molar-refractivity contribution < 1.29 is 0 Å². The average Bonchev–Trinajstić information content (AvgIpc) is 3.09. The summed E-state index contributed by atoms with van der Waals surface area (Å²) in [6, 6.07) is 43.3. The van der Waals surface area contributed by atoms with Crippen LogP contribution in [0.2, 0.25) is 0 Å². The fourth-order valence-corrected chi connectivity index (χ4v) is 6.84. The zero-order valence-electron chi connectivity index (χ0n) is 24.7. The first-order valence-corrected chi connectivity index (χ1v) is 14.9. The molecule has 7 aromatic rings. The number of benzene rings is 7. The van der Waals surface area contributed by atoms with E-state index in [9.17, 15) is 0 Å². The molecular weight excluding hydrogens is 528 g/mol. The molecule has 0 unspecified atom stereocenters. The van der Waals surface area contributed by atoms with E-state index in [1.807, 2.05) is 24.3 Å². The number of hydrogen-bond acceptors (Lipinski definition) is 0. The molecule has 0 aromatic heterocycles. The molecule has 0 N–H and O–H groups in total. The summed E-state index contributed by atoms with van der Waals surface area (Å²) in [6.07, 6.45) is 7.88. The fourth-order valence-electron chi connectivity index (χ4n) is 6.84. The van der Waals surface area contributed by atoms with Crippen LogP contribution in [-0.4, -0.2) is 0 Å².